The van der Waals surface area contributed by atoms with Gasteiger partial charge in [-0.3, -0.25) is 0 Å². The first-order chi connectivity index (χ1) is 25.2. The maximum Gasteiger partial charge on any atom is 0.243 e. The molecular weight excluding hydrogens is 622 g/mol. The van der Waals surface area contributed by atoms with Gasteiger partial charge in [-0.05, 0) is 117 Å². The molecule has 8 aromatic carbocycles. The molecule has 0 saturated heterocycles. The Balaban J connectivity index is 1.48. The van der Waals surface area contributed by atoms with E-state index in [1.165, 1.54) is 121 Å². The van der Waals surface area contributed by atoms with E-state index < -0.39 is 0 Å². The minimum Gasteiger partial charge on any atom is -0.0664 e. The maximum absolute atomic E-state index is 2.65. The van der Waals surface area contributed by atoms with E-state index in [4.69, 9.17) is 0 Å². The van der Waals surface area contributed by atoms with Crippen molar-refractivity contribution in [3.63, 3.8) is 0 Å². The molecule has 0 atom stereocenters. The third-order valence-electron chi connectivity index (χ3n) is 12.9. The van der Waals surface area contributed by atoms with Gasteiger partial charge in [-0.25, -0.2) is 0 Å². The van der Waals surface area contributed by atoms with Crippen LogP contribution in [0.25, 0.3) is 54.6 Å². The average molecular weight is 667 g/mol. The third-order valence-corrected chi connectivity index (χ3v) is 12.9. The monoisotopic (exact) mass is 666 g/mol. The minimum absolute atomic E-state index is 0.163. The topological polar surface area (TPSA) is 0 Å². The van der Waals surface area contributed by atoms with E-state index in [0.29, 0.717) is 11.8 Å². The number of rotatable bonds is 4. The Morgan fingerprint density at radius 3 is 1.10 bits per heavy atom. The van der Waals surface area contributed by atoms with Gasteiger partial charge < -0.3 is 0 Å². The van der Waals surface area contributed by atoms with E-state index in [1.54, 1.807) is 0 Å². The minimum atomic E-state index is 0.163. The summed E-state index contributed by atoms with van der Waals surface area (Å²) in [5.41, 5.74) is 22.7. The van der Waals surface area contributed by atoms with Gasteiger partial charge in [-0.1, -0.05) is 180 Å². The van der Waals surface area contributed by atoms with E-state index in [9.17, 15) is 0 Å². The number of hydrogen-bond donors (Lipinski definition) is 0. The fourth-order valence-electron chi connectivity index (χ4n) is 10.7. The summed E-state index contributed by atoms with van der Waals surface area (Å²) < 4.78 is 0. The van der Waals surface area contributed by atoms with Crippen molar-refractivity contribution < 1.29 is 0 Å². The number of hydrogen-bond acceptors (Lipinski definition) is 0. The largest absolute Gasteiger partial charge is 0.243 e. The zero-order valence-electron chi connectivity index (χ0n) is 31.7. The molecule has 0 spiro atoms. The van der Waals surface area contributed by atoms with E-state index in [2.05, 4.69) is 165 Å². The SMILES string of the molecule is Cc1cccc(C)c1B1c2ccccc2-c2cc(C(C)C)c3cc4c5c(cc(C(C)C)c6cc1c2c3c65)-c1ccccc1B4c1c(C)cccc1C. The molecule has 0 aliphatic carbocycles. The normalized spacial score (nSPS) is 13.3. The molecule has 2 heteroatoms. The highest BCUT2D eigenvalue weighted by Gasteiger charge is 2.39. The third kappa shape index (κ3) is 4.13. The predicted octanol–water partition coefficient (Wildman–Crippen LogP) is 9.06. The van der Waals surface area contributed by atoms with Crippen molar-refractivity contribution >= 4 is 78.5 Å². The molecule has 0 N–H and O–H groups in total. The zero-order valence-corrected chi connectivity index (χ0v) is 31.7. The molecule has 2 aliphatic rings. The van der Waals surface area contributed by atoms with Crippen LogP contribution in [0.3, 0.4) is 0 Å². The number of fused-ring (bicyclic) bond motifs is 4. The smallest absolute Gasteiger partial charge is 0.0664 e. The van der Waals surface area contributed by atoms with E-state index in [0.717, 1.165) is 0 Å². The lowest BCUT2D eigenvalue weighted by atomic mass is 9.31. The van der Waals surface area contributed by atoms with Crippen LogP contribution >= 0.6 is 0 Å². The van der Waals surface area contributed by atoms with Crippen molar-refractivity contribution in [3.05, 3.63) is 143 Å². The molecule has 52 heavy (non-hydrogen) atoms. The quantitative estimate of drug-likeness (QED) is 0.130. The Bertz CT molecular complexity index is 2570. The van der Waals surface area contributed by atoms with Crippen LogP contribution in [0.5, 0.6) is 0 Å². The molecule has 250 valence electrons. The summed E-state index contributed by atoms with van der Waals surface area (Å²) in [6.45, 7) is 19.1. The molecule has 0 saturated carbocycles. The van der Waals surface area contributed by atoms with Gasteiger partial charge in [0.05, 0.1) is 0 Å². The predicted molar refractivity (Wildman–Crippen MR) is 230 cm³/mol. The van der Waals surface area contributed by atoms with Crippen LogP contribution in [-0.2, 0) is 0 Å². The molecular formula is C50H44B2. The van der Waals surface area contributed by atoms with Gasteiger partial charge in [-0.15, -0.1) is 0 Å². The lowest BCUT2D eigenvalue weighted by molar-refractivity contribution is 0.876. The Morgan fingerprint density at radius 2 is 0.731 bits per heavy atom. The van der Waals surface area contributed by atoms with Crippen molar-refractivity contribution in [1.29, 1.82) is 0 Å². The van der Waals surface area contributed by atoms with E-state index in [1.807, 2.05) is 0 Å². The number of aryl methyl sites for hydroxylation is 4. The summed E-state index contributed by atoms with van der Waals surface area (Å²) in [7, 11) is 0. The Kier molecular flexibility index (Phi) is 6.82. The first kappa shape index (κ1) is 31.6. The van der Waals surface area contributed by atoms with Gasteiger partial charge in [0.15, 0.2) is 0 Å². The highest BCUT2D eigenvalue weighted by Crippen LogP contribution is 2.47. The second kappa shape index (κ2) is 11.2. The van der Waals surface area contributed by atoms with Crippen molar-refractivity contribution in [2.75, 3.05) is 0 Å². The van der Waals surface area contributed by atoms with Crippen LogP contribution in [0.2, 0.25) is 0 Å². The van der Waals surface area contributed by atoms with Gasteiger partial charge in [0.1, 0.15) is 0 Å². The molecule has 2 heterocycles. The van der Waals surface area contributed by atoms with Crippen LogP contribution < -0.4 is 32.8 Å². The molecule has 0 nitrogen and oxygen atoms in total. The summed E-state index contributed by atoms with van der Waals surface area (Å²) in [4.78, 5) is 0. The molecule has 2 aliphatic heterocycles. The first-order valence-corrected chi connectivity index (χ1v) is 19.3. The molecule has 0 amide bonds. The average Bonchev–Trinajstić information content (AvgIpc) is 3.13. The summed E-state index contributed by atoms with van der Waals surface area (Å²) in [5.74, 6) is 0.747. The van der Waals surface area contributed by atoms with Crippen molar-refractivity contribution in [2.24, 2.45) is 0 Å². The zero-order chi connectivity index (χ0) is 35.7. The van der Waals surface area contributed by atoms with Gasteiger partial charge in [-0.2, -0.15) is 0 Å². The summed E-state index contributed by atoms with van der Waals surface area (Å²) in [6.07, 6.45) is 0. The van der Waals surface area contributed by atoms with Gasteiger partial charge in [0, 0.05) is 0 Å². The van der Waals surface area contributed by atoms with Crippen molar-refractivity contribution in [1.82, 2.24) is 0 Å². The fourth-order valence-corrected chi connectivity index (χ4v) is 10.7. The number of benzene rings is 8. The molecule has 10 rings (SSSR count). The van der Waals surface area contributed by atoms with Crippen molar-refractivity contribution in [2.45, 2.75) is 67.2 Å². The standard InChI is InChI=1S/C50H44B2/c1-27(2)35-23-37-33-19-9-11-21-41(33)52(50-31(7)17-14-18-32(50)8)44-26-40-36(28(3)4)24-38-34-20-10-12-22-42(34)51(49-29(5)15-13-16-30(49)6)43-25-39(35)47(45(37)44)48(40)46(38)43/h9-28H,1-8H3. The van der Waals surface area contributed by atoms with Crippen LogP contribution in [0.15, 0.2) is 109 Å². The molecule has 0 radical (unpaired) electrons. The fraction of sp³-hybridized carbons (Fsp3) is 0.200. The van der Waals surface area contributed by atoms with E-state index >= 15 is 0 Å². The Labute approximate surface area is 309 Å². The molecule has 0 aromatic heterocycles. The summed E-state index contributed by atoms with van der Waals surface area (Å²) in [5, 5.41) is 8.73. The summed E-state index contributed by atoms with van der Waals surface area (Å²) >= 11 is 0. The molecule has 0 unspecified atom stereocenters. The highest BCUT2D eigenvalue weighted by atomic mass is 14.3. The Hall–Kier alpha value is -5.07. The van der Waals surface area contributed by atoms with Crippen LogP contribution in [0.4, 0.5) is 0 Å². The van der Waals surface area contributed by atoms with Gasteiger partial charge in [0.2, 0.25) is 13.4 Å². The lowest BCUT2D eigenvalue weighted by Crippen LogP contribution is -2.57. The molecule has 8 aromatic rings. The maximum atomic E-state index is 2.65. The van der Waals surface area contributed by atoms with Gasteiger partial charge in [0.25, 0.3) is 0 Å². The van der Waals surface area contributed by atoms with Crippen LogP contribution in [0, 0.1) is 27.7 Å². The van der Waals surface area contributed by atoms with Crippen molar-refractivity contribution in [3.8, 4) is 22.3 Å². The van der Waals surface area contributed by atoms with Crippen LogP contribution in [-0.4, -0.2) is 13.4 Å². The highest BCUT2D eigenvalue weighted by molar-refractivity contribution is 7.00. The second-order valence-electron chi connectivity index (χ2n) is 16.5. The second-order valence-corrected chi connectivity index (χ2v) is 16.5. The van der Waals surface area contributed by atoms with Crippen LogP contribution in [0.1, 0.15) is 72.9 Å². The van der Waals surface area contributed by atoms with Gasteiger partial charge >= 0.3 is 0 Å². The van der Waals surface area contributed by atoms with E-state index in [-0.39, 0.29) is 13.4 Å². The molecule has 0 fully saturated rings. The Morgan fingerprint density at radius 1 is 0.365 bits per heavy atom. The molecule has 0 bridgehead atoms. The first-order valence-electron chi connectivity index (χ1n) is 19.3. The lowest BCUT2D eigenvalue weighted by Gasteiger charge is -2.35. The summed E-state index contributed by atoms with van der Waals surface area (Å²) in [6, 6.07) is 42.7.